The first-order chi connectivity index (χ1) is 18.0. The molecule has 2 amide bonds. The summed E-state index contributed by atoms with van der Waals surface area (Å²) in [6.45, 7) is 4.08. The summed E-state index contributed by atoms with van der Waals surface area (Å²) in [5, 5.41) is 6.81. The summed E-state index contributed by atoms with van der Waals surface area (Å²) >= 11 is 0. The Kier molecular flexibility index (Phi) is 7.63. The Bertz CT molecular complexity index is 1310. The maximum Gasteiger partial charge on any atom is 0.223 e. The number of carbonyl (C=O) groups excluding carboxylic acids is 2. The zero-order valence-corrected chi connectivity index (χ0v) is 21.0. The number of furan rings is 1. The summed E-state index contributed by atoms with van der Waals surface area (Å²) in [7, 11) is 0. The molecule has 2 aliphatic rings. The number of fused-ring (bicyclic) bond motifs is 2. The van der Waals surface area contributed by atoms with E-state index in [4.69, 9.17) is 18.6 Å². The van der Waals surface area contributed by atoms with Gasteiger partial charge in [0, 0.05) is 48.9 Å². The summed E-state index contributed by atoms with van der Waals surface area (Å²) in [5.74, 6) is 2.66. The summed E-state index contributed by atoms with van der Waals surface area (Å²) in [6.07, 6.45) is 7.25. The van der Waals surface area contributed by atoms with Crippen LogP contribution in [0.1, 0.15) is 37.3 Å². The first kappa shape index (κ1) is 24.7. The highest BCUT2D eigenvalue weighted by molar-refractivity contribution is 5.83. The Hall–Kier alpha value is -3.94. The molecule has 2 aromatic carbocycles. The molecule has 0 atom stereocenters. The van der Waals surface area contributed by atoms with Crippen molar-refractivity contribution in [1.29, 1.82) is 0 Å². The molecule has 3 aromatic rings. The van der Waals surface area contributed by atoms with Crippen LogP contribution in [0.25, 0.3) is 17.0 Å². The predicted molar refractivity (Wildman–Crippen MR) is 140 cm³/mol. The zero-order valence-electron chi connectivity index (χ0n) is 21.0. The van der Waals surface area contributed by atoms with Gasteiger partial charge in [-0.1, -0.05) is 0 Å². The van der Waals surface area contributed by atoms with Crippen LogP contribution in [0.3, 0.4) is 0 Å². The maximum absolute atomic E-state index is 11.8. The van der Waals surface area contributed by atoms with Gasteiger partial charge in [-0.15, -0.1) is 0 Å². The smallest absolute Gasteiger partial charge is 0.223 e. The summed E-state index contributed by atoms with van der Waals surface area (Å²) in [6, 6.07) is 11.6. The highest BCUT2D eigenvalue weighted by Crippen LogP contribution is 2.31. The Morgan fingerprint density at radius 3 is 2.59 bits per heavy atom. The fourth-order valence-corrected chi connectivity index (χ4v) is 4.23. The summed E-state index contributed by atoms with van der Waals surface area (Å²) in [5.41, 5.74) is 3.82. The molecule has 1 aromatic heterocycles. The number of hydrogen-bond donors (Lipinski definition) is 2. The molecule has 5 rings (SSSR count). The van der Waals surface area contributed by atoms with Crippen molar-refractivity contribution in [3.8, 4) is 17.2 Å². The van der Waals surface area contributed by atoms with Gasteiger partial charge in [-0.05, 0) is 67.3 Å². The minimum Gasteiger partial charge on any atom is -0.493 e. The lowest BCUT2D eigenvalue weighted by Gasteiger charge is -2.19. The van der Waals surface area contributed by atoms with E-state index in [0.717, 1.165) is 70.6 Å². The molecule has 0 bridgehead atoms. The van der Waals surface area contributed by atoms with Crippen LogP contribution in [0.4, 0.5) is 0 Å². The minimum atomic E-state index is -0.0646. The third-order valence-corrected chi connectivity index (χ3v) is 6.41. The number of hydrogen-bond acceptors (Lipinski definition) is 6. The van der Waals surface area contributed by atoms with Crippen LogP contribution in [0.2, 0.25) is 0 Å². The lowest BCUT2D eigenvalue weighted by Crippen LogP contribution is -2.26. The second-order valence-corrected chi connectivity index (χ2v) is 9.49. The number of nitrogens with one attached hydrogen (secondary N) is 2. The molecule has 0 unspecified atom stereocenters. The quantitative estimate of drug-likeness (QED) is 0.358. The van der Waals surface area contributed by atoms with E-state index >= 15 is 0 Å². The van der Waals surface area contributed by atoms with Crippen molar-refractivity contribution in [3.63, 3.8) is 0 Å². The van der Waals surface area contributed by atoms with E-state index in [1.807, 2.05) is 42.5 Å². The molecule has 0 spiro atoms. The Balaban J connectivity index is 1.08. The number of amides is 2. The third kappa shape index (κ3) is 6.64. The van der Waals surface area contributed by atoms with Crippen LogP contribution < -0.4 is 24.8 Å². The van der Waals surface area contributed by atoms with Crippen LogP contribution in [0.15, 0.2) is 52.7 Å². The highest BCUT2D eigenvalue weighted by atomic mass is 16.5. The van der Waals surface area contributed by atoms with E-state index in [0.29, 0.717) is 32.9 Å². The average Bonchev–Trinajstić information content (AvgIpc) is 3.68. The number of carbonyl (C=O) groups is 2. The van der Waals surface area contributed by atoms with Crippen molar-refractivity contribution in [2.75, 3.05) is 32.9 Å². The Morgan fingerprint density at radius 1 is 1.03 bits per heavy atom. The van der Waals surface area contributed by atoms with E-state index in [2.05, 4.69) is 10.6 Å². The predicted octanol–water partition coefficient (Wildman–Crippen LogP) is 4.26. The molecule has 2 heterocycles. The second kappa shape index (κ2) is 11.4. The van der Waals surface area contributed by atoms with Gasteiger partial charge in [-0.3, -0.25) is 9.59 Å². The van der Waals surface area contributed by atoms with Crippen molar-refractivity contribution in [3.05, 3.63) is 59.4 Å². The van der Waals surface area contributed by atoms with Crippen molar-refractivity contribution in [1.82, 2.24) is 10.6 Å². The molecule has 0 saturated heterocycles. The van der Waals surface area contributed by atoms with E-state index in [1.165, 1.54) is 6.92 Å². The van der Waals surface area contributed by atoms with E-state index in [9.17, 15) is 9.59 Å². The molecule has 1 aliphatic heterocycles. The van der Waals surface area contributed by atoms with E-state index < -0.39 is 0 Å². The van der Waals surface area contributed by atoms with E-state index in [1.54, 1.807) is 6.26 Å². The van der Waals surface area contributed by atoms with Crippen molar-refractivity contribution in [2.45, 2.75) is 32.6 Å². The molecule has 0 radical (unpaired) electrons. The normalized spacial score (nSPS) is 14.4. The van der Waals surface area contributed by atoms with Gasteiger partial charge in [-0.25, -0.2) is 0 Å². The molecule has 194 valence electrons. The van der Waals surface area contributed by atoms with Crippen LogP contribution >= 0.6 is 0 Å². The van der Waals surface area contributed by atoms with Crippen LogP contribution in [-0.2, 0) is 16.0 Å². The van der Waals surface area contributed by atoms with Gasteiger partial charge in [0.1, 0.15) is 29.4 Å². The van der Waals surface area contributed by atoms with Gasteiger partial charge in [0.25, 0.3) is 0 Å². The largest absolute Gasteiger partial charge is 0.493 e. The van der Waals surface area contributed by atoms with Crippen molar-refractivity contribution in [2.24, 2.45) is 5.92 Å². The molecule has 1 fully saturated rings. The van der Waals surface area contributed by atoms with Crippen LogP contribution in [0, 0.1) is 5.92 Å². The van der Waals surface area contributed by atoms with Gasteiger partial charge < -0.3 is 29.3 Å². The molecule has 1 aliphatic carbocycles. The van der Waals surface area contributed by atoms with Gasteiger partial charge in [0.2, 0.25) is 11.8 Å². The SMILES string of the molecule is CC(=O)NCC1=Cc2cc(OCCCOc3ccc4occ(CCNC(=O)C5CC5)c4c3)ccc2OC1. The molecule has 8 heteroatoms. The second-order valence-electron chi connectivity index (χ2n) is 9.49. The fourth-order valence-electron chi connectivity index (χ4n) is 4.23. The van der Waals surface area contributed by atoms with Gasteiger partial charge in [-0.2, -0.15) is 0 Å². The van der Waals surface area contributed by atoms with Gasteiger partial charge in [0.15, 0.2) is 0 Å². The highest BCUT2D eigenvalue weighted by Gasteiger charge is 2.29. The average molecular weight is 505 g/mol. The number of rotatable bonds is 12. The van der Waals surface area contributed by atoms with Gasteiger partial charge >= 0.3 is 0 Å². The Morgan fingerprint density at radius 2 is 1.81 bits per heavy atom. The van der Waals surface area contributed by atoms with Crippen LogP contribution in [0.5, 0.6) is 17.2 Å². The van der Waals surface area contributed by atoms with Crippen LogP contribution in [-0.4, -0.2) is 44.7 Å². The lowest BCUT2D eigenvalue weighted by atomic mass is 10.1. The minimum absolute atomic E-state index is 0.0646. The van der Waals surface area contributed by atoms with Crippen molar-refractivity contribution < 1.29 is 28.2 Å². The molecule has 2 N–H and O–H groups in total. The van der Waals surface area contributed by atoms with Crippen molar-refractivity contribution >= 4 is 28.9 Å². The standard InChI is InChI=1S/C29H32N2O6/c1-19(32)31-16-20-13-23-14-24(5-7-27(23)36-17-20)34-11-2-12-35-25-6-8-28-26(15-25)22(18-37-28)9-10-30-29(33)21-3-4-21/h5-8,13-15,18,21H,2-4,9-12,16-17H2,1H3,(H,30,33)(H,31,32). The first-order valence-electron chi connectivity index (χ1n) is 12.8. The molecule has 37 heavy (non-hydrogen) atoms. The van der Waals surface area contributed by atoms with Gasteiger partial charge in [0.05, 0.1) is 19.5 Å². The summed E-state index contributed by atoms with van der Waals surface area (Å²) < 4.78 is 23.3. The topological polar surface area (TPSA) is 99.0 Å². The first-order valence-corrected chi connectivity index (χ1v) is 12.8. The van der Waals surface area contributed by atoms with E-state index in [-0.39, 0.29) is 17.7 Å². The molecule has 1 saturated carbocycles. The molecular weight excluding hydrogens is 472 g/mol. The summed E-state index contributed by atoms with van der Waals surface area (Å²) in [4.78, 5) is 23.0. The Labute approximate surface area is 216 Å². The third-order valence-electron chi connectivity index (χ3n) is 6.41. The monoisotopic (exact) mass is 504 g/mol. The zero-order chi connectivity index (χ0) is 25.6. The molecular formula is C29H32N2O6. The number of benzene rings is 2. The maximum atomic E-state index is 11.8. The lowest BCUT2D eigenvalue weighted by molar-refractivity contribution is -0.122. The fraction of sp³-hybridized carbons (Fsp3) is 0.379. The number of ether oxygens (including phenoxy) is 3. The molecule has 8 nitrogen and oxygen atoms in total.